The molecular weight excluding hydrogens is 208 g/mol. The molecule has 1 aliphatic heterocycles. The molecule has 1 saturated carbocycles. The fraction of sp³-hybridized carbons (Fsp3) is 0.818. The molecule has 0 aromatic rings. The van der Waals surface area contributed by atoms with Crippen molar-refractivity contribution in [2.24, 2.45) is 5.92 Å². The van der Waals surface area contributed by atoms with Crippen molar-refractivity contribution in [1.82, 2.24) is 10.2 Å². The minimum atomic E-state index is -0.238. The molecule has 1 unspecified atom stereocenters. The molecule has 2 atom stereocenters. The Hall–Kier alpha value is -1.10. The van der Waals surface area contributed by atoms with E-state index in [9.17, 15) is 9.59 Å². The van der Waals surface area contributed by atoms with Crippen LogP contribution < -0.4 is 5.32 Å². The zero-order valence-electron chi connectivity index (χ0n) is 9.48. The third-order valence-electron chi connectivity index (χ3n) is 3.18. The zero-order valence-corrected chi connectivity index (χ0v) is 9.48. The molecule has 0 radical (unpaired) electrons. The number of amides is 2. The lowest BCUT2D eigenvalue weighted by Gasteiger charge is -2.16. The van der Waals surface area contributed by atoms with Gasteiger partial charge in [0.05, 0.1) is 12.5 Å². The average molecular weight is 226 g/mol. The van der Waals surface area contributed by atoms with Crippen molar-refractivity contribution in [2.45, 2.75) is 38.3 Å². The summed E-state index contributed by atoms with van der Waals surface area (Å²) in [6.07, 6.45) is 2.47. The quantitative estimate of drug-likeness (QED) is 0.678. The van der Waals surface area contributed by atoms with Gasteiger partial charge in [-0.25, -0.2) is 0 Å². The Bertz CT molecular complexity index is 302. The fourth-order valence-electron chi connectivity index (χ4n) is 2.05. The highest BCUT2D eigenvalue weighted by atomic mass is 16.3. The summed E-state index contributed by atoms with van der Waals surface area (Å²) < 4.78 is 0. The van der Waals surface area contributed by atoms with Gasteiger partial charge in [-0.3, -0.25) is 9.59 Å². The van der Waals surface area contributed by atoms with Crippen LogP contribution in [0.4, 0.5) is 0 Å². The van der Waals surface area contributed by atoms with Crippen LogP contribution in [-0.4, -0.2) is 47.1 Å². The van der Waals surface area contributed by atoms with Gasteiger partial charge in [0, 0.05) is 25.0 Å². The van der Waals surface area contributed by atoms with E-state index in [0.29, 0.717) is 19.0 Å². The van der Waals surface area contributed by atoms with Gasteiger partial charge in [-0.15, -0.1) is 0 Å². The van der Waals surface area contributed by atoms with Gasteiger partial charge < -0.3 is 15.3 Å². The van der Waals surface area contributed by atoms with E-state index in [1.807, 2.05) is 4.90 Å². The maximum atomic E-state index is 11.7. The summed E-state index contributed by atoms with van der Waals surface area (Å²) in [6.45, 7) is 2.22. The molecule has 90 valence electrons. The normalized spacial score (nSPS) is 27.0. The summed E-state index contributed by atoms with van der Waals surface area (Å²) in [4.78, 5) is 25.2. The number of nitrogens with zero attached hydrogens (tertiary/aromatic N) is 1. The molecule has 0 aromatic carbocycles. The summed E-state index contributed by atoms with van der Waals surface area (Å²) in [7, 11) is 0. The highest BCUT2D eigenvalue weighted by molar-refractivity contribution is 5.89. The smallest absolute Gasteiger partial charge is 0.225 e. The number of nitrogens with one attached hydrogen (secondary N) is 1. The van der Waals surface area contributed by atoms with Crippen molar-refractivity contribution in [3.05, 3.63) is 0 Å². The van der Waals surface area contributed by atoms with Crippen molar-refractivity contribution in [1.29, 1.82) is 0 Å². The number of likely N-dealkylation sites (tertiary alicyclic amines) is 1. The molecule has 1 heterocycles. The second kappa shape index (κ2) is 4.41. The predicted octanol–water partition coefficient (Wildman–Crippen LogP) is -0.506. The van der Waals surface area contributed by atoms with E-state index >= 15 is 0 Å². The Morgan fingerprint density at radius 3 is 2.88 bits per heavy atom. The molecule has 5 heteroatoms. The topological polar surface area (TPSA) is 69.6 Å². The second-order valence-corrected chi connectivity index (χ2v) is 4.77. The first-order chi connectivity index (χ1) is 7.61. The van der Waals surface area contributed by atoms with Gasteiger partial charge in [0.25, 0.3) is 0 Å². The molecular formula is C11H18N2O3. The Morgan fingerprint density at radius 2 is 2.31 bits per heavy atom. The van der Waals surface area contributed by atoms with Gasteiger partial charge in [0.2, 0.25) is 11.8 Å². The highest BCUT2D eigenvalue weighted by Crippen LogP contribution is 2.32. The van der Waals surface area contributed by atoms with Gasteiger partial charge in [-0.2, -0.15) is 0 Å². The number of carbonyl (C=O) groups is 2. The molecule has 0 aromatic heterocycles. The van der Waals surface area contributed by atoms with E-state index < -0.39 is 0 Å². The summed E-state index contributed by atoms with van der Waals surface area (Å²) in [5.41, 5.74) is 0. The van der Waals surface area contributed by atoms with Gasteiger partial charge in [-0.05, 0) is 19.8 Å². The van der Waals surface area contributed by atoms with Crippen LogP contribution in [0.25, 0.3) is 0 Å². The van der Waals surface area contributed by atoms with E-state index in [2.05, 4.69) is 5.32 Å². The van der Waals surface area contributed by atoms with Crippen LogP contribution in [0.3, 0.4) is 0 Å². The third kappa shape index (κ3) is 2.35. The average Bonchev–Trinajstić information content (AvgIpc) is 3.02. The number of carbonyl (C=O) groups excluding carboxylic acids is 2. The van der Waals surface area contributed by atoms with E-state index in [0.717, 1.165) is 12.8 Å². The first-order valence-corrected chi connectivity index (χ1v) is 5.82. The lowest BCUT2D eigenvalue weighted by Crippen LogP contribution is -2.40. The van der Waals surface area contributed by atoms with E-state index in [-0.39, 0.29) is 30.4 Å². The number of rotatable bonds is 4. The second-order valence-electron chi connectivity index (χ2n) is 4.77. The first-order valence-electron chi connectivity index (χ1n) is 5.82. The predicted molar refractivity (Wildman–Crippen MR) is 57.5 cm³/mol. The van der Waals surface area contributed by atoms with Gasteiger partial charge in [0.1, 0.15) is 0 Å². The molecule has 2 N–H and O–H groups in total. The SMILES string of the molecule is C[C@@H](CO)NC(=O)C1CC(=O)N(C2CC2)C1. The monoisotopic (exact) mass is 226 g/mol. The van der Waals surface area contributed by atoms with Crippen LogP contribution in [0.2, 0.25) is 0 Å². The molecule has 1 saturated heterocycles. The number of aliphatic hydroxyl groups excluding tert-OH is 1. The van der Waals surface area contributed by atoms with Crippen molar-refractivity contribution < 1.29 is 14.7 Å². The zero-order chi connectivity index (χ0) is 11.7. The minimum Gasteiger partial charge on any atom is -0.394 e. The molecule has 1 aliphatic carbocycles. The summed E-state index contributed by atoms with van der Waals surface area (Å²) in [5.74, 6) is -0.251. The van der Waals surface area contributed by atoms with Crippen molar-refractivity contribution in [3.63, 3.8) is 0 Å². The summed E-state index contributed by atoms with van der Waals surface area (Å²) >= 11 is 0. The fourth-order valence-corrected chi connectivity index (χ4v) is 2.05. The molecule has 0 bridgehead atoms. The Morgan fingerprint density at radius 1 is 1.62 bits per heavy atom. The van der Waals surface area contributed by atoms with E-state index in [1.54, 1.807) is 6.92 Å². The molecule has 5 nitrogen and oxygen atoms in total. The van der Waals surface area contributed by atoms with E-state index in [4.69, 9.17) is 5.11 Å². The van der Waals surface area contributed by atoms with Crippen molar-refractivity contribution >= 4 is 11.8 Å². The Balaban J connectivity index is 1.86. The standard InChI is InChI=1S/C11H18N2O3/c1-7(6-14)12-11(16)8-4-10(15)13(5-8)9-2-3-9/h7-9,14H,2-6H2,1H3,(H,12,16)/t7-,8?/m0/s1. The Kier molecular flexibility index (Phi) is 3.14. The van der Waals surface area contributed by atoms with Crippen molar-refractivity contribution in [2.75, 3.05) is 13.2 Å². The van der Waals surface area contributed by atoms with Crippen LogP contribution in [0.5, 0.6) is 0 Å². The van der Waals surface area contributed by atoms with E-state index in [1.165, 1.54) is 0 Å². The van der Waals surface area contributed by atoms with Gasteiger partial charge in [-0.1, -0.05) is 0 Å². The number of aliphatic hydroxyl groups is 1. The maximum absolute atomic E-state index is 11.7. The third-order valence-corrected chi connectivity index (χ3v) is 3.18. The van der Waals surface area contributed by atoms with Crippen molar-refractivity contribution in [3.8, 4) is 0 Å². The molecule has 2 amide bonds. The Labute approximate surface area is 94.8 Å². The van der Waals surface area contributed by atoms with Gasteiger partial charge >= 0.3 is 0 Å². The molecule has 0 spiro atoms. The van der Waals surface area contributed by atoms with Crippen LogP contribution >= 0.6 is 0 Å². The molecule has 2 aliphatic rings. The summed E-state index contributed by atoms with van der Waals surface area (Å²) in [5, 5.41) is 11.5. The number of hydrogen-bond donors (Lipinski definition) is 2. The number of hydrogen-bond acceptors (Lipinski definition) is 3. The van der Waals surface area contributed by atoms with Gasteiger partial charge in [0.15, 0.2) is 0 Å². The lowest BCUT2D eigenvalue weighted by molar-refractivity contribution is -0.129. The minimum absolute atomic E-state index is 0.0707. The van der Waals surface area contributed by atoms with Crippen LogP contribution in [-0.2, 0) is 9.59 Å². The first kappa shape index (κ1) is 11.4. The maximum Gasteiger partial charge on any atom is 0.225 e. The molecule has 2 fully saturated rings. The summed E-state index contributed by atoms with van der Waals surface area (Å²) in [6, 6.07) is 0.151. The van der Waals surface area contributed by atoms with Crippen LogP contribution in [0, 0.1) is 5.92 Å². The molecule has 2 rings (SSSR count). The molecule has 16 heavy (non-hydrogen) atoms. The van der Waals surface area contributed by atoms with Crippen LogP contribution in [0.15, 0.2) is 0 Å². The highest BCUT2D eigenvalue weighted by Gasteiger charge is 2.41. The largest absolute Gasteiger partial charge is 0.394 e. The van der Waals surface area contributed by atoms with Crippen LogP contribution in [0.1, 0.15) is 26.2 Å². The lowest BCUT2D eigenvalue weighted by atomic mass is 10.1.